The summed E-state index contributed by atoms with van der Waals surface area (Å²) in [5, 5.41) is 30.3. The molecular weight excluding hydrogens is 518 g/mol. The van der Waals surface area contributed by atoms with Crippen molar-refractivity contribution in [2.45, 2.75) is 130 Å². The number of hydrogen-bond donors (Lipinski definition) is 2. The number of quaternary nitrogens is 1. The van der Waals surface area contributed by atoms with E-state index < -0.39 is 10.4 Å². The van der Waals surface area contributed by atoms with E-state index in [-0.39, 0.29) is 19.1 Å². The van der Waals surface area contributed by atoms with Gasteiger partial charge in [0.15, 0.2) is 0 Å². The van der Waals surface area contributed by atoms with Crippen molar-refractivity contribution in [3.05, 3.63) is 0 Å². The van der Waals surface area contributed by atoms with Crippen molar-refractivity contribution in [2.75, 3.05) is 45.9 Å². The monoisotopic (exact) mass is 577 g/mol. The van der Waals surface area contributed by atoms with Gasteiger partial charge in [-0.3, -0.25) is 9.55 Å². The zero-order valence-corrected chi connectivity index (χ0v) is 26.1. The standard InChI is InChI=1S/C27H53N3O2.C2H6O4S/c1-3-5-6-7-8-9-10-11-12-13-14-15-16-17-18-20-27(32)29-22-24-30(4-2,25-26-31)23-19-21-28;1-2-6-7(3,4)5/h31H,3-20,22-26H2,1-2H3;2H2,1H3,(H,3,4,5). The molecule has 9 nitrogen and oxygen atoms in total. The topological polar surface area (TPSA) is 143 Å². The molecule has 0 aromatic rings. The van der Waals surface area contributed by atoms with Crippen LogP contribution in [0.1, 0.15) is 130 Å². The van der Waals surface area contributed by atoms with Crippen LogP contribution in [0.3, 0.4) is 0 Å². The second-order valence-corrected chi connectivity index (χ2v) is 11.4. The lowest BCUT2D eigenvalue weighted by atomic mass is 10.0. The number of likely N-dealkylation sites (N-methyl/N-ethyl adjacent to an activating group) is 1. The molecule has 1 unspecified atom stereocenters. The van der Waals surface area contributed by atoms with E-state index in [1.807, 2.05) is 0 Å². The lowest BCUT2D eigenvalue weighted by Crippen LogP contribution is -2.52. The molecule has 1 atom stereocenters. The predicted molar refractivity (Wildman–Crippen MR) is 158 cm³/mol. The molecule has 2 N–H and O–H groups in total. The van der Waals surface area contributed by atoms with Crippen molar-refractivity contribution in [3.63, 3.8) is 0 Å². The summed E-state index contributed by atoms with van der Waals surface area (Å²) < 4.78 is 31.3. The summed E-state index contributed by atoms with van der Waals surface area (Å²) >= 11 is 0. The first kappa shape index (κ1) is 39.9. The van der Waals surface area contributed by atoms with Gasteiger partial charge in [-0.1, -0.05) is 96.8 Å². The van der Waals surface area contributed by atoms with Gasteiger partial charge in [-0.2, -0.15) is 13.7 Å². The van der Waals surface area contributed by atoms with Crippen LogP contribution >= 0.6 is 0 Å². The minimum atomic E-state index is -4.17. The van der Waals surface area contributed by atoms with Gasteiger partial charge in [0.2, 0.25) is 0 Å². The molecule has 0 amide bonds. The van der Waals surface area contributed by atoms with E-state index >= 15 is 0 Å². The van der Waals surface area contributed by atoms with Crippen LogP contribution in [-0.4, -0.2) is 74.4 Å². The summed E-state index contributed by atoms with van der Waals surface area (Å²) in [6.07, 6.45) is 20.9. The van der Waals surface area contributed by atoms with E-state index in [1.54, 1.807) is 0 Å². The van der Waals surface area contributed by atoms with Gasteiger partial charge in [-0.05, 0) is 32.6 Å². The molecule has 0 saturated heterocycles. The molecule has 0 aliphatic rings. The van der Waals surface area contributed by atoms with E-state index in [4.69, 9.17) is 9.81 Å². The van der Waals surface area contributed by atoms with Crippen LogP contribution in [0.2, 0.25) is 0 Å². The minimum absolute atomic E-state index is 0.0122. The van der Waals surface area contributed by atoms with E-state index in [9.17, 15) is 18.6 Å². The molecule has 0 fully saturated rings. The SMILES string of the molecule is CCCCCCCCCCCCCCCCCC([O-])=NCC[N+](CC)(CCO)CCC#N.CCOS(=O)(=O)O. The van der Waals surface area contributed by atoms with Gasteiger partial charge in [-0.25, -0.2) is 4.18 Å². The number of aliphatic hydroxyl groups excluding tert-OH is 1. The number of aliphatic imine (C=N–C) groups is 1. The highest BCUT2D eigenvalue weighted by molar-refractivity contribution is 7.80. The number of rotatable bonds is 26. The summed E-state index contributed by atoms with van der Waals surface area (Å²) in [4.78, 5) is 4.23. The van der Waals surface area contributed by atoms with Crippen LogP contribution < -0.4 is 5.11 Å². The van der Waals surface area contributed by atoms with E-state index in [0.29, 0.717) is 30.4 Å². The largest absolute Gasteiger partial charge is 0.862 e. The fraction of sp³-hybridized carbons (Fsp3) is 0.931. The maximum atomic E-state index is 12.0. The summed E-state index contributed by atoms with van der Waals surface area (Å²) in [5.74, 6) is 0.0122. The maximum Gasteiger partial charge on any atom is 0.397 e. The quantitative estimate of drug-likeness (QED) is 0.0449. The smallest absolute Gasteiger partial charge is 0.397 e. The van der Waals surface area contributed by atoms with Gasteiger partial charge in [0.1, 0.15) is 6.54 Å². The fourth-order valence-electron chi connectivity index (χ4n) is 4.57. The first-order valence-electron chi connectivity index (χ1n) is 15.3. The molecule has 0 spiro atoms. The molecule has 0 radical (unpaired) electrons. The molecule has 0 saturated carbocycles. The molecule has 0 rings (SSSR count). The number of nitriles is 1. The molecule has 39 heavy (non-hydrogen) atoms. The van der Waals surface area contributed by atoms with Gasteiger partial charge in [0, 0.05) is 0 Å². The molecule has 232 valence electrons. The van der Waals surface area contributed by atoms with E-state index in [0.717, 1.165) is 32.5 Å². The fourth-order valence-corrected chi connectivity index (χ4v) is 4.87. The highest BCUT2D eigenvalue weighted by Crippen LogP contribution is 2.14. The second-order valence-electron chi connectivity index (χ2n) is 10.3. The van der Waals surface area contributed by atoms with E-state index in [1.165, 1.54) is 90.4 Å². The summed E-state index contributed by atoms with van der Waals surface area (Å²) in [6.45, 7) is 9.31. The molecule has 0 aromatic carbocycles. The third kappa shape index (κ3) is 29.6. The van der Waals surface area contributed by atoms with Crippen molar-refractivity contribution in [3.8, 4) is 6.07 Å². The van der Waals surface area contributed by atoms with Crippen LogP contribution in [0.25, 0.3) is 0 Å². The Morgan fingerprint density at radius 1 is 0.846 bits per heavy atom. The van der Waals surface area contributed by atoms with Crippen molar-refractivity contribution < 1.29 is 31.8 Å². The molecule has 0 aliphatic carbocycles. The van der Waals surface area contributed by atoms with Gasteiger partial charge in [0.05, 0.1) is 51.9 Å². The summed E-state index contributed by atoms with van der Waals surface area (Å²) in [5.41, 5.74) is 0. The van der Waals surface area contributed by atoms with Gasteiger partial charge in [-0.15, -0.1) is 0 Å². The van der Waals surface area contributed by atoms with Gasteiger partial charge in [0.25, 0.3) is 0 Å². The number of aliphatic hydroxyl groups is 1. The third-order valence-electron chi connectivity index (χ3n) is 7.07. The Morgan fingerprint density at radius 2 is 1.33 bits per heavy atom. The molecule has 0 aliphatic heterocycles. The highest BCUT2D eigenvalue weighted by Gasteiger charge is 2.23. The van der Waals surface area contributed by atoms with Gasteiger partial charge < -0.3 is 14.7 Å². The maximum absolute atomic E-state index is 12.0. The number of unbranched alkanes of at least 4 members (excludes halogenated alkanes) is 14. The normalized spacial score (nSPS) is 13.4. The van der Waals surface area contributed by atoms with Crippen molar-refractivity contribution in [2.24, 2.45) is 4.99 Å². The minimum Gasteiger partial charge on any atom is -0.862 e. The highest BCUT2D eigenvalue weighted by atomic mass is 32.3. The van der Waals surface area contributed by atoms with Gasteiger partial charge >= 0.3 is 10.4 Å². The average Bonchev–Trinajstić information content (AvgIpc) is 2.89. The predicted octanol–water partition coefficient (Wildman–Crippen LogP) is 5.58. The lowest BCUT2D eigenvalue weighted by Gasteiger charge is -2.36. The van der Waals surface area contributed by atoms with Crippen molar-refractivity contribution >= 4 is 16.3 Å². The van der Waals surface area contributed by atoms with Crippen LogP contribution in [0.4, 0.5) is 0 Å². The Hall–Kier alpha value is -1.25. The Labute approximate surface area is 240 Å². The van der Waals surface area contributed by atoms with Crippen LogP contribution in [0.5, 0.6) is 0 Å². The Bertz CT molecular complexity index is 712. The van der Waals surface area contributed by atoms with Crippen molar-refractivity contribution in [1.29, 1.82) is 5.26 Å². The second kappa shape index (κ2) is 28.3. The average molecular weight is 578 g/mol. The Morgan fingerprint density at radius 3 is 1.69 bits per heavy atom. The first-order chi connectivity index (χ1) is 18.7. The molecule has 10 heteroatoms. The Kier molecular flexibility index (Phi) is 28.9. The van der Waals surface area contributed by atoms with Crippen LogP contribution in [0.15, 0.2) is 4.99 Å². The summed E-state index contributed by atoms with van der Waals surface area (Å²) in [7, 11) is -4.17. The van der Waals surface area contributed by atoms with Crippen LogP contribution in [-0.2, 0) is 14.6 Å². The number of nitrogens with zero attached hydrogens (tertiary/aromatic N) is 3. The number of hydrogen-bond acceptors (Lipinski definition) is 7. The molecule has 0 aromatic heterocycles. The Balaban J connectivity index is 0. The summed E-state index contributed by atoms with van der Waals surface area (Å²) in [6, 6.07) is 2.19. The zero-order chi connectivity index (χ0) is 29.7. The lowest BCUT2D eigenvalue weighted by molar-refractivity contribution is -0.925. The third-order valence-corrected chi connectivity index (χ3v) is 7.60. The van der Waals surface area contributed by atoms with E-state index in [2.05, 4.69) is 29.1 Å². The molecule has 0 bridgehead atoms. The van der Waals surface area contributed by atoms with Crippen molar-refractivity contribution in [1.82, 2.24) is 0 Å². The zero-order valence-electron chi connectivity index (χ0n) is 25.2. The molecule has 0 heterocycles. The van der Waals surface area contributed by atoms with Crippen LogP contribution in [0, 0.1) is 11.3 Å². The first-order valence-corrected chi connectivity index (χ1v) is 16.7. The molecular formula is C29H59N3O6S.